The maximum atomic E-state index is 9.59. The lowest BCUT2D eigenvalue weighted by atomic mass is 10.0. The van der Waals surface area contributed by atoms with E-state index in [0.717, 1.165) is 42.5 Å². The van der Waals surface area contributed by atoms with Crippen molar-refractivity contribution in [3.8, 4) is 0 Å². The highest BCUT2D eigenvalue weighted by atomic mass is 35.5. The molecular weight excluding hydrogens is 272 g/mol. The van der Waals surface area contributed by atoms with E-state index < -0.39 is 6.10 Å². The van der Waals surface area contributed by atoms with Crippen molar-refractivity contribution < 1.29 is 5.11 Å². The molecule has 1 heterocycles. The Labute approximate surface area is 127 Å². The van der Waals surface area contributed by atoms with E-state index in [1.54, 1.807) is 6.92 Å². The van der Waals surface area contributed by atoms with Crippen LogP contribution in [-0.2, 0) is 0 Å². The third kappa shape index (κ3) is 3.46. The molecule has 0 aromatic heterocycles. The number of halogens is 1. The molecule has 20 heavy (non-hydrogen) atoms. The normalized spacial score (nSPS) is 19.2. The fourth-order valence-corrected chi connectivity index (χ4v) is 2.97. The summed E-state index contributed by atoms with van der Waals surface area (Å²) < 4.78 is 0. The Bertz CT molecular complexity index is 460. The molecule has 0 bridgehead atoms. The van der Waals surface area contributed by atoms with Crippen molar-refractivity contribution in [2.75, 3.05) is 31.1 Å². The van der Waals surface area contributed by atoms with Crippen molar-refractivity contribution in [1.82, 2.24) is 4.90 Å². The van der Waals surface area contributed by atoms with E-state index in [0.29, 0.717) is 0 Å². The molecule has 0 radical (unpaired) electrons. The van der Waals surface area contributed by atoms with Gasteiger partial charge in [0.05, 0.1) is 16.8 Å². The maximum Gasteiger partial charge on any atom is 0.0762 e. The van der Waals surface area contributed by atoms with Gasteiger partial charge in [-0.15, -0.1) is 0 Å². The third-order valence-corrected chi connectivity index (χ3v) is 4.33. The predicted molar refractivity (Wildman–Crippen MR) is 85.6 cm³/mol. The van der Waals surface area contributed by atoms with Crippen LogP contribution >= 0.6 is 11.6 Å². The molecule has 3 nitrogen and oxygen atoms in total. The van der Waals surface area contributed by atoms with Gasteiger partial charge < -0.3 is 10.0 Å². The van der Waals surface area contributed by atoms with E-state index in [2.05, 4.69) is 30.6 Å². The molecule has 1 aliphatic heterocycles. The van der Waals surface area contributed by atoms with Gasteiger partial charge in [-0.3, -0.25) is 4.90 Å². The van der Waals surface area contributed by atoms with E-state index >= 15 is 0 Å². The minimum absolute atomic E-state index is 0.228. The Morgan fingerprint density at radius 3 is 2.20 bits per heavy atom. The summed E-state index contributed by atoms with van der Waals surface area (Å²) in [6, 6.07) is 5.86. The zero-order valence-corrected chi connectivity index (χ0v) is 13.6. The van der Waals surface area contributed by atoms with Crippen LogP contribution in [0.1, 0.15) is 39.4 Å². The Morgan fingerprint density at radius 2 is 1.75 bits per heavy atom. The first kappa shape index (κ1) is 15.6. The van der Waals surface area contributed by atoms with Crippen LogP contribution in [0.3, 0.4) is 0 Å². The zero-order valence-electron chi connectivity index (χ0n) is 12.9. The molecular formula is C16H25ClN2O. The summed E-state index contributed by atoms with van der Waals surface area (Å²) in [5, 5.41) is 10.3. The summed E-state index contributed by atoms with van der Waals surface area (Å²) in [7, 11) is 0. The van der Waals surface area contributed by atoms with Gasteiger partial charge >= 0.3 is 0 Å². The molecule has 0 aliphatic carbocycles. The highest BCUT2D eigenvalue weighted by molar-refractivity contribution is 6.33. The van der Waals surface area contributed by atoms with E-state index in [1.807, 2.05) is 18.2 Å². The highest BCUT2D eigenvalue weighted by Crippen LogP contribution is 2.30. The highest BCUT2D eigenvalue weighted by Gasteiger charge is 2.26. The lowest BCUT2D eigenvalue weighted by Gasteiger charge is -2.43. The molecule has 2 rings (SSSR count). The Morgan fingerprint density at radius 1 is 1.15 bits per heavy atom. The average Bonchev–Trinajstić information content (AvgIpc) is 2.37. The molecule has 1 saturated heterocycles. The minimum Gasteiger partial charge on any atom is -0.389 e. The van der Waals surface area contributed by atoms with Crippen LogP contribution in [0.5, 0.6) is 0 Å². The minimum atomic E-state index is -0.473. The first-order valence-electron chi connectivity index (χ1n) is 7.26. The van der Waals surface area contributed by atoms with Gasteiger partial charge in [0.25, 0.3) is 0 Å². The van der Waals surface area contributed by atoms with Gasteiger partial charge in [-0.05, 0) is 45.4 Å². The summed E-state index contributed by atoms with van der Waals surface area (Å²) in [6.07, 6.45) is -0.473. The fourth-order valence-electron chi connectivity index (χ4n) is 2.66. The quantitative estimate of drug-likeness (QED) is 0.907. The number of aliphatic hydroxyl groups is 1. The largest absolute Gasteiger partial charge is 0.389 e. The molecule has 1 fully saturated rings. The predicted octanol–water partition coefficient (Wildman–Crippen LogP) is 3.31. The Kier molecular flexibility index (Phi) is 4.62. The number of nitrogens with zero attached hydrogens (tertiary/aromatic N) is 2. The van der Waals surface area contributed by atoms with Crippen molar-refractivity contribution in [2.45, 2.75) is 39.3 Å². The van der Waals surface area contributed by atoms with Crippen LogP contribution in [0.25, 0.3) is 0 Å². The van der Waals surface area contributed by atoms with Gasteiger partial charge in [0, 0.05) is 31.7 Å². The zero-order chi connectivity index (χ0) is 14.9. The molecule has 1 aliphatic rings. The van der Waals surface area contributed by atoms with Crippen LogP contribution in [-0.4, -0.2) is 41.7 Å². The number of anilines is 1. The number of aliphatic hydroxyl groups excluding tert-OH is 1. The summed E-state index contributed by atoms with van der Waals surface area (Å²) in [5.41, 5.74) is 2.17. The van der Waals surface area contributed by atoms with Gasteiger partial charge in [-0.25, -0.2) is 0 Å². The summed E-state index contributed by atoms with van der Waals surface area (Å²) >= 11 is 6.37. The number of hydrogen-bond donors (Lipinski definition) is 1. The van der Waals surface area contributed by atoms with Crippen LogP contribution in [0.4, 0.5) is 5.69 Å². The fraction of sp³-hybridized carbons (Fsp3) is 0.625. The summed E-state index contributed by atoms with van der Waals surface area (Å²) in [4.78, 5) is 4.83. The molecule has 1 aromatic rings. The van der Waals surface area contributed by atoms with Crippen molar-refractivity contribution in [3.63, 3.8) is 0 Å². The lowest BCUT2D eigenvalue weighted by Crippen LogP contribution is -2.53. The second-order valence-electron chi connectivity index (χ2n) is 6.53. The van der Waals surface area contributed by atoms with E-state index in [1.165, 1.54) is 0 Å². The van der Waals surface area contributed by atoms with Gasteiger partial charge in [-0.1, -0.05) is 17.7 Å². The SMILES string of the molecule is C[C@@H](O)c1ccc(N2CCN(C(C)(C)C)CC2)c(Cl)c1. The number of rotatable bonds is 2. The van der Waals surface area contributed by atoms with Crippen molar-refractivity contribution in [1.29, 1.82) is 0 Å². The molecule has 0 unspecified atom stereocenters. The van der Waals surface area contributed by atoms with E-state index in [4.69, 9.17) is 11.6 Å². The Balaban J connectivity index is 2.07. The van der Waals surface area contributed by atoms with Gasteiger partial charge in [-0.2, -0.15) is 0 Å². The number of piperazine rings is 1. The molecule has 1 aromatic carbocycles. The second kappa shape index (κ2) is 5.92. The molecule has 0 amide bonds. The van der Waals surface area contributed by atoms with E-state index in [9.17, 15) is 5.11 Å². The van der Waals surface area contributed by atoms with Gasteiger partial charge in [0.1, 0.15) is 0 Å². The Hall–Kier alpha value is -0.770. The standard InChI is InChI=1S/C16H25ClN2O/c1-12(20)13-5-6-15(14(17)11-13)18-7-9-19(10-8-18)16(2,3)4/h5-6,11-12,20H,7-10H2,1-4H3/t12-/m1/s1. The van der Waals surface area contributed by atoms with E-state index in [-0.39, 0.29) is 5.54 Å². The third-order valence-electron chi connectivity index (χ3n) is 4.02. The molecule has 4 heteroatoms. The lowest BCUT2D eigenvalue weighted by molar-refractivity contribution is 0.128. The maximum absolute atomic E-state index is 9.59. The van der Waals surface area contributed by atoms with Crippen LogP contribution in [0, 0.1) is 0 Å². The molecule has 1 N–H and O–H groups in total. The molecule has 112 valence electrons. The smallest absolute Gasteiger partial charge is 0.0762 e. The van der Waals surface area contributed by atoms with Gasteiger partial charge in [0.2, 0.25) is 0 Å². The van der Waals surface area contributed by atoms with Crippen LogP contribution in [0.15, 0.2) is 18.2 Å². The van der Waals surface area contributed by atoms with Crippen molar-refractivity contribution in [3.05, 3.63) is 28.8 Å². The van der Waals surface area contributed by atoms with Crippen LogP contribution < -0.4 is 4.90 Å². The first-order valence-corrected chi connectivity index (χ1v) is 7.64. The first-order chi connectivity index (χ1) is 9.29. The number of hydrogen-bond acceptors (Lipinski definition) is 3. The van der Waals surface area contributed by atoms with Crippen molar-refractivity contribution >= 4 is 17.3 Å². The molecule has 1 atom stereocenters. The topological polar surface area (TPSA) is 26.7 Å². The van der Waals surface area contributed by atoms with Crippen LogP contribution in [0.2, 0.25) is 5.02 Å². The second-order valence-corrected chi connectivity index (χ2v) is 6.94. The average molecular weight is 297 g/mol. The van der Waals surface area contributed by atoms with Gasteiger partial charge in [0.15, 0.2) is 0 Å². The monoisotopic (exact) mass is 296 g/mol. The summed E-state index contributed by atoms with van der Waals surface area (Å²) in [5.74, 6) is 0. The van der Waals surface area contributed by atoms with Crippen molar-refractivity contribution in [2.24, 2.45) is 0 Å². The number of benzene rings is 1. The molecule has 0 saturated carbocycles. The summed E-state index contributed by atoms with van der Waals surface area (Å²) in [6.45, 7) is 12.6. The molecule has 0 spiro atoms.